The van der Waals surface area contributed by atoms with E-state index in [2.05, 4.69) is 0 Å². The Kier molecular flexibility index (Phi) is 5.60. The van der Waals surface area contributed by atoms with Gasteiger partial charge in [0.1, 0.15) is 0 Å². The first-order valence-electron chi connectivity index (χ1n) is 7.41. The molecular weight excluding hydrogens is 322 g/mol. The molecule has 0 aromatic heterocycles. The standard InChI is InChI=1S/C16H18ClNO5/c1-3-22-15(20)10-5-6-13(12(17)7-10)18-9-11(8-14(18)19)16(21)23-4-2/h5-7,11H,3-4,8-9H2,1-2H3/t11-/m1/s1. The van der Waals surface area contributed by atoms with Gasteiger partial charge in [-0.05, 0) is 32.0 Å². The number of carbonyl (C=O) groups is 3. The smallest absolute Gasteiger partial charge is 0.338 e. The number of ether oxygens (including phenoxy) is 2. The van der Waals surface area contributed by atoms with E-state index < -0.39 is 11.9 Å². The lowest BCUT2D eigenvalue weighted by Gasteiger charge is -2.18. The molecule has 0 aliphatic carbocycles. The highest BCUT2D eigenvalue weighted by Crippen LogP contribution is 2.32. The van der Waals surface area contributed by atoms with Crippen molar-refractivity contribution in [3.05, 3.63) is 28.8 Å². The highest BCUT2D eigenvalue weighted by molar-refractivity contribution is 6.34. The van der Waals surface area contributed by atoms with Crippen LogP contribution in [-0.4, -0.2) is 37.6 Å². The molecule has 6 nitrogen and oxygen atoms in total. The Morgan fingerprint density at radius 2 is 1.96 bits per heavy atom. The number of carbonyl (C=O) groups excluding carboxylic acids is 3. The molecule has 124 valence electrons. The number of nitrogens with zero attached hydrogens (tertiary/aromatic N) is 1. The Balaban J connectivity index is 2.17. The van der Waals surface area contributed by atoms with Crippen molar-refractivity contribution in [1.29, 1.82) is 0 Å². The van der Waals surface area contributed by atoms with Crippen molar-refractivity contribution in [3.8, 4) is 0 Å². The molecule has 1 aliphatic heterocycles. The number of hydrogen-bond donors (Lipinski definition) is 0. The second kappa shape index (κ2) is 7.46. The molecule has 1 heterocycles. The zero-order valence-electron chi connectivity index (χ0n) is 13.0. The number of halogens is 1. The highest BCUT2D eigenvalue weighted by Gasteiger charge is 2.36. The van der Waals surface area contributed by atoms with Crippen LogP contribution in [0.25, 0.3) is 0 Å². The first-order chi connectivity index (χ1) is 11.0. The van der Waals surface area contributed by atoms with Crippen LogP contribution in [0.5, 0.6) is 0 Å². The second-order valence-electron chi connectivity index (χ2n) is 5.04. The number of hydrogen-bond acceptors (Lipinski definition) is 5. The maximum Gasteiger partial charge on any atom is 0.338 e. The summed E-state index contributed by atoms with van der Waals surface area (Å²) in [7, 11) is 0. The van der Waals surface area contributed by atoms with Crippen molar-refractivity contribution < 1.29 is 23.9 Å². The minimum absolute atomic E-state index is 0.0921. The monoisotopic (exact) mass is 339 g/mol. The molecule has 1 fully saturated rings. The molecule has 0 radical (unpaired) electrons. The SMILES string of the molecule is CCOC(=O)c1ccc(N2C[C@H](C(=O)OCC)CC2=O)c(Cl)c1. The largest absolute Gasteiger partial charge is 0.466 e. The third kappa shape index (κ3) is 3.82. The second-order valence-corrected chi connectivity index (χ2v) is 5.45. The fourth-order valence-corrected chi connectivity index (χ4v) is 2.71. The summed E-state index contributed by atoms with van der Waals surface area (Å²) >= 11 is 6.19. The molecule has 1 amide bonds. The van der Waals surface area contributed by atoms with Crippen molar-refractivity contribution in [2.24, 2.45) is 5.92 Å². The molecule has 2 rings (SSSR count). The van der Waals surface area contributed by atoms with Gasteiger partial charge < -0.3 is 14.4 Å². The van der Waals surface area contributed by atoms with Crippen LogP contribution in [0.1, 0.15) is 30.6 Å². The maximum absolute atomic E-state index is 12.1. The number of esters is 2. The lowest BCUT2D eigenvalue weighted by molar-refractivity contribution is -0.147. The number of anilines is 1. The van der Waals surface area contributed by atoms with Crippen LogP contribution >= 0.6 is 11.6 Å². The van der Waals surface area contributed by atoms with Gasteiger partial charge in [-0.15, -0.1) is 0 Å². The Labute approximate surface area is 139 Å². The molecule has 1 aromatic rings. The van der Waals surface area contributed by atoms with E-state index in [0.717, 1.165) is 0 Å². The van der Waals surface area contributed by atoms with E-state index in [9.17, 15) is 14.4 Å². The van der Waals surface area contributed by atoms with Gasteiger partial charge in [0, 0.05) is 13.0 Å². The van der Waals surface area contributed by atoms with E-state index in [1.165, 1.54) is 11.0 Å². The van der Waals surface area contributed by atoms with Gasteiger partial charge in [0.05, 0.1) is 35.4 Å². The molecular formula is C16H18ClNO5. The number of rotatable bonds is 5. The van der Waals surface area contributed by atoms with Crippen molar-refractivity contribution in [2.45, 2.75) is 20.3 Å². The van der Waals surface area contributed by atoms with E-state index in [1.807, 2.05) is 0 Å². The van der Waals surface area contributed by atoms with Gasteiger partial charge in [-0.1, -0.05) is 11.6 Å². The van der Waals surface area contributed by atoms with Gasteiger partial charge in [-0.2, -0.15) is 0 Å². The Bertz CT molecular complexity index is 631. The summed E-state index contributed by atoms with van der Waals surface area (Å²) in [6.45, 7) is 4.20. The van der Waals surface area contributed by atoms with E-state index in [-0.39, 0.29) is 43.1 Å². The topological polar surface area (TPSA) is 72.9 Å². The van der Waals surface area contributed by atoms with Crippen molar-refractivity contribution in [3.63, 3.8) is 0 Å². The minimum Gasteiger partial charge on any atom is -0.466 e. The molecule has 1 aliphatic rings. The van der Waals surface area contributed by atoms with Crippen LogP contribution in [0, 0.1) is 5.92 Å². The molecule has 1 saturated heterocycles. The first-order valence-corrected chi connectivity index (χ1v) is 7.79. The zero-order valence-corrected chi connectivity index (χ0v) is 13.8. The van der Waals surface area contributed by atoms with Crippen molar-refractivity contribution >= 4 is 35.1 Å². The molecule has 0 unspecified atom stereocenters. The average Bonchev–Trinajstić information content (AvgIpc) is 2.89. The third-order valence-electron chi connectivity index (χ3n) is 3.49. The van der Waals surface area contributed by atoms with Gasteiger partial charge in [0.15, 0.2) is 0 Å². The fourth-order valence-electron chi connectivity index (χ4n) is 2.43. The molecule has 0 bridgehead atoms. The van der Waals surface area contributed by atoms with Crippen LogP contribution in [0.3, 0.4) is 0 Å². The van der Waals surface area contributed by atoms with E-state index in [4.69, 9.17) is 21.1 Å². The van der Waals surface area contributed by atoms with E-state index in [1.54, 1.807) is 26.0 Å². The molecule has 23 heavy (non-hydrogen) atoms. The quantitative estimate of drug-likeness (QED) is 0.770. The van der Waals surface area contributed by atoms with Gasteiger partial charge >= 0.3 is 11.9 Å². The van der Waals surface area contributed by atoms with Crippen LogP contribution < -0.4 is 4.90 Å². The minimum atomic E-state index is -0.497. The average molecular weight is 340 g/mol. The summed E-state index contributed by atoms with van der Waals surface area (Å²) < 4.78 is 9.86. The lowest BCUT2D eigenvalue weighted by atomic mass is 10.1. The molecule has 0 saturated carbocycles. The van der Waals surface area contributed by atoms with Crippen LogP contribution in [0.2, 0.25) is 5.02 Å². The molecule has 7 heteroatoms. The molecule has 1 atom stereocenters. The first kappa shape index (κ1) is 17.3. The molecule has 0 N–H and O–H groups in total. The lowest BCUT2D eigenvalue weighted by Crippen LogP contribution is -2.26. The highest BCUT2D eigenvalue weighted by atomic mass is 35.5. The van der Waals surface area contributed by atoms with E-state index in [0.29, 0.717) is 11.3 Å². The summed E-state index contributed by atoms with van der Waals surface area (Å²) in [5.41, 5.74) is 0.783. The van der Waals surface area contributed by atoms with Gasteiger partial charge in [-0.3, -0.25) is 9.59 Å². The fraction of sp³-hybridized carbons (Fsp3) is 0.438. The summed E-state index contributed by atoms with van der Waals surface area (Å²) in [6, 6.07) is 4.59. The third-order valence-corrected chi connectivity index (χ3v) is 3.80. The number of benzene rings is 1. The maximum atomic E-state index is 12.1. The van der Waals surface area contributed by atoms with Crippen LogP contribution in [0.15, 0.2) is 18.2 Å². The van der Waals surface area contributed by atoms with Crippen LogP contribution in [-0.2, 0) is 19.1 Å². The Morgan fingerprint density at radius 3 is 2.57 bits per heavy atom. The Hall–Kier alpha value is -2.08. The zero-order chi connectivity index (χ0) is 17.0. The van der Waals surface area contributed by atoms with Crippen molar-refractivity contribution in [2.75, 3.05) is 24.7 Å². The van der Waals surface area contributed by atoms with Gasteiger partial charge in [-0.25, -0.2) is 4.79 Å². The normalized spacial score (nSPS) is 17.3. The molecule has 0 spiro atoms. The van der Waals surface area contributed by atoms with Crippen molar-refractivity contribution in [1.82, 2.24) is 0 Å². The predicted octanol–water partition coefficient (Wildman–Crippen LogP) is 2.43. The van der Waals surface area contributed by atoms with Crippen LogP contribution in [0.4, 0.5) is 5.69 Å². The summed E-state index contributed by atoms with van der Waals surface area (Å²) in [5, 5.41) is 0.258. The summed E-state index contributed by atoms with van der Waals surface area (Å²) in [4.78, 5) is 37.0. The van der Waals surface area contributed by atoms with Gasteiger partial charge in [0.2, 0.25) is 5.91 Å². The van der Waals surface area contributed by atoms with Gasteiger partial charge in [0.25, 0.3) is 0 Å². The number of amides is 1. The Morgan fingerprint density at radius 1 is 1.26 bits per heavy atom. The summed E-state index contributed by atoms with van der Waals surface area (Å²) in [6.07, 6.45) is 0.0921. The predicted molar refractivity (Wildman–Crippen MR) is 84.5 cm³/mol. The molecule has 1 aromatic carbocycles. The van der Waals surface area contributed by atoms with E-state index >= 15 is 0 Å². The summed E-state index contributed by atoms with van der Waals surface area (Å²) in [5.74, 6) is -1.56.